The number of nitrogens with zero attached hydrogens (tertiary/aromatic N) is 2. The molecule has 0 aliphatic carbocycles. The van der Waals surface area contributed by atoms with Crippen LogP contribution >= 0.6 is 0 Å². The lowest BCUT2D eigenvalue weighted by Gasteiger charge is -2.29. The standard InChI is InChI=1S/C13H25N3O3/c1-13(2,7-11(17)18)14-12(19)16(4)9-10-5-6-15(3)8-10/h10H,5-9H2,1-4H3,(H,14,19)(H,17,18). The summed E-state index contributed by atoms with van der Waals surface area (Å²) in [5, 5.41) is 11.6. The number of likely N-dealkylation sites (tertiary alicyclic amines) is 1. The van der Waals surface area contributed by atoms with E-state index in [2.05, 4.69) is 17.3 Å². The van der Waals surface area contributed by atoms with E-state index in [4.69, 9.17) is 5.11 Å². The number of rotatable bonds is 5. The van der Waals surface area contributed by atoms with Crippen LogP contribution in [0.15, 0.2) is 0 Å². The second-order valence-electron chi connectivity index (χ2n) is 6.18. The van der Waals surface area contributed by atoms with E-state index in [9.17, 15) is 9.59 Å². The third-order valence-corrected chi connectivity index (χ3v) is 3.41. The number of amides is 2. The van der Waals surface area contributed by atoms with Gasteiger partial charge in [-0.2, -0.15) is 0 Å². The van der Waals surface area contributed by atoms with E-state index >= 15 is 0 Å². The molecule has 0 aromatic carbocycles. The first kappa shape index (κ1) is 15.8. The SMILES string of the molecule is CN1CCC(CN(C)C(=O)NC(C)(C)CC(=O)O)C1. The van der Waals surface area contributed by atoms with Crippen LogP contribution in [0.4, 0.5) is 4.79 Å². The van der Waals surface area contributed by atoms with Crippen LogP contribution in [0.1, 0.15) is 26.7 Å². The fraction of sp³-hybridized carbons (Fsp3) is 0.846. The molecule has 110 valence electrons. The van der Waals surface area contributed by atoms with Crippen molar-refractivity contribution in [3.05, 3.63) is 0 Å². The lowest BCUT2D eigenvalue weighted by Crippen LogP contribution is -2.50. The molecule has 0 aromatic rings. The Hall–Kier alpha value is -1.30. The van der Waals surface area contributed by atoms with Crippen LogP contribution in [-0.2, 0) is 4.79 Å². The van der Waals surface area contributed by atoms with Crippen molar-refractivity contribution in [2.75, 3.05) is 33.7 Å². The lowest BCUT2D eigenvalue weighted by molar-refractivity contribution is -0.138. The first-order chi connectivity index (χ1) is 8.69. The highest BCUT2D eigenvalue weighted by Crippen LogP contribution is 2.16. The number of aliphatic carboxylic acids is 1. The van der Waals surface area contributed by atoms with Gasteiger partial charge in [-0.3, -0.25) is 4.79 Å². The second-order valence-corrected chi connectivity index (χ2v) is 6.18. The van der Waals surface area contributed by atoms with E-state index in [1.165, 1.54) is 0 Å². The monoisotopic (exact) mass is 271 g/mol. The minimum Gasteiger partial charge on any atom is -0.481 e. The van der Waals surface area contributed by atoms with E-state index in [0.29, 0.717) is 12.5 Å². The van der Waals surface area contributed by atoms with E-state index < -0.39 is 11.5 Å². The first-order valence-corrected chi connectivity index (χ1v) is 6.63. The summed E-state index contributed by atoms with van der Waals surface area (Å²) in [6.07, 6.45) is 1.02. The molecular weight excluding hydrogens is 246 g/mol. The van der Waals surface area contributed by atoms with Gasteiger partial charge in [-0.15, -0.1) is 0 Å². The molecule has 0 aromatic heterocycles. The average Bonchev–Trinajstić information content (AvgIpc) is 2.60. The van der Waals surface area contributed by atoms with Crippen LogP contribution in [0.5, 0.6) is 0 Å². The zero-order valence-corrected chi connectivity index (χ0v) is 12.3. The average molecular weight is 271 g/mol. The molecular formula is C13H25N3O3. The van der Waals surface area contributed by atoms with Crippen LogP contribution < -0.4 is 5.32 Å². The number of carbonyl (C=O) groups is 2. The minimum atomic E-state index is -0.912. The quantitative estimate of drug-likeness (QED) is 0.777. The van der Waals surface area contributed by atoms with Gasteiger partial charge in [0.2, 0.25) is 0 Å². The first-order valence-electron chi connectivity index (χ1n) is 6.63. The summed E-state index contributed by atoms with van der Waals surface area (Å²) in [7, 11) is 3.83. The smallest absolute Gasteiger partial charge is 0.317 e. The summed E-state index contributed by atoms with van der Waals surface area (Å²) >= 11 is 0. The highest BCUT2D eigenvalue weighted by atomic mass is 16.4. The number of carboxylic acid groups (broad SMARTS) is 1. The molecule has 19 heavy (non-hydrogen) atoms. The number of carbonyl (C=O) groups excluding carboxylic acids is 1. The van der Waals surface area contributed by atoms with Gasteiger partial charge in [-0.25, -0.2) is 4.79 Å². The van der Waals surface area contributed by atoms with Gasteiger partial charge in [0.05, 0.1) is 6.42 Å². The molecule has 0 radical (unpaired) electrons. The predicted octanol–water partition coefficient (Wildman–Crippen LogP) is 0.833. The third-order valence-electron chi connectivity index (χ3n) is 3.41. The molecule has 2 N–H and O–H groups in total. The summed E-state index contributed by atoms with van der Waals surface area (Å²) < 4.78 is 0. The van der Waals surface area contributed by atoms with Crippen molar-refractivity contribution in [3.63, 3.8) is 0 Å². The molecule has 0 saturated carbocycles. The molecule has 1 aliphatic heterocycles. The van der Waals surface area contributed by atoms with Crippen molar-refractivity contribution in [1.82, 2.24) is 15.1 Å². The number of hydrogen-bond acceptors (Lipinski definition) is 3. The number of urea groups is 1. The van der Waals surface area contributed by atoms with Gasteiger partial charge >= 0.3 is 12.0 Å². The van der Waals surface area contributed by atoms with Gasteiger partial charge in [0, 0.05) is 25.7 Å². The van der Waals surface area contributed by atoms with Crippen molar-refractivity contribution in [3.8, 4) is 0 Å². The van der Waals surface area contributed by atoms with Crippen LogP contribution in [0.25, 0.3) is 0 Å². The van der Waals surface area contributed by atoms with E-state index in [-0.39, 0.29) is 12.5 Å². The molecule has 1 aliphatic rings. The van der Waals surface area contributed by atoms with Crippen LogP contribution in [0.2, 0.25) is 0 Å². The van der Waals surface area contributed by atoms with Crippen molar-refractivity contribution < 1.29 is 14.7 Å². The van der Waals surface area contributed by atoms with E-state index in [0.717, 1.165) is 19.5 Å². The fourth-order valence-electron chi connectivity index (χ4n) is 2.45. The Morgan fingerprint density at radius 3 is 2.58 bits per heavy atom. The van der Waals surface area contributed by atoms with Crippen molar-refractivity contribution >= 4 is 12.0 Å². The number of carboxylic acids is 1. The van der Waals surface area contributed by atoms with Crippen molar-refractivity contribution in [2.24, 2.45) is 5.92 Å². The molecule has 2 amide bonds. The van der Waals surface area contributed by atoms with Crippen molar-refractivity contribution in [1.29, 1.82) is 0 Å². The predicted molar refractivity (Wildman–Crippen MR) is 73.1 cm³/mol. The van der Waals surface area contributed by atoms with E-state index in [1.807, 2.05) is 0 Å². The molecule has 1 fully saturated rings. The molecule has 1 rings (SSSR count). The topological polar surface area (TPSA) is 72.9 Å². The molecule has 1 heterocycles. The maximum absolute atomic E-state index is 12.0. The number of hydrogen-bond donors (Lipinski definition) is 2. The van der Waals surface area contributed by atoms with Crippen LogP contribution in [-0.4, -0.2) is 66.2 Å². The van der Waals surface area contributed by atoms with Gasteiger partial charge in [0.15, 0.2) is 0 Å². The van der Waals surface area contributed by atoms with Crippen molar-refractivity contribution in [2.45, 2.75) is 32.2 Å². The minimum absolute atomic E-state index is 0.0846. The molecule has 1 unspecified atom stereocenters. The van der Waals surface area contributed by atoms with Gasteiger partial charge in [-0.05, 0) is 39.8 Å². The summed E-state index contributed by atoms with van der Waals surface area (Å²) in [5.74, 6) is -0.409. The second kappa shape index (κ2) is 6.23. The Kier molecular flexibility index (Phi) is 5.17. The van der Waals surface area contributed by atoms with Crippen LogP contribution in [0, 0.1) is 5.92 Å². The lowest BCUT2D eigenvalue weighted by atomic mass is 10.0. The van der Waals surface area contributed by atoms with Gasteiger partial charge in [0.1, 0.15) is 0 Å². The number of nitrogens with one attached hydrogen (secondary N) is 1. The maximum atomic E-state index is 12.0. The Bertz CT molecular complexity index is 344. The Morgan fingerprint density at radius 2 is 2.11 bits per heavy atom. The molecule has 6 heteroatoms. The Morgan fingerprint density at radius 1 is 1.47 bits per heavy atom. The largest absolute Gasteiger partial charge is 0.481 e. The zero-order chi connectivity index (χ0) is 14.6. The zero-order valence-electron chi connectivity index (χ0n) is 12.3. The summed E-state index contributed by atoms with van der Waals surface area (Å²) in [5.41, 5.74) is -0.732. The Balaban J connectivity index is 2.42. The molecule has 1 atom stereocenters. The molecule has 0 bridgehead atoms. The van der Waals surface area contributed by atoms with E-state index in [1.54, 1.807) is 25.8 Å². The Labute approximate surface area is 114 Å². The fourth-order valence-corrected chi connectivity index (χ4v) is 2.45. The van der Waals surface area contributed by atoms with Gasteiger partial charge in [0.25, 0.3) is 0 Å². The van der Waals surface area contributed by atoms with Gasteiger partial charge in [-0.1, -0.05) is 0 Å². The summed E-state index contributed by atoms with van der Waals surface area (Å²) in [6.45, 7) is 6.23. The molecule has 1 saturated heterocycles. The highest BCUT2D eigenvalue weighted by Gasteiger charge is 2.27. The van der Waals surface area contributed by atoms with Crippen LogP contribution in [0.3, 0.4) is 0 Å². The maximum Gasteiger partial charge on any atom is 0.317 e. The third kappa shape index (κ3) is 5.46. The summed E-state index contributed by atoms with van der Waals surface area (Å²) in [6, 6.07) is -0.208. The summed E-state index contributed by atoms with van der Waals surface area (Å²) in [4.78, 5) is 26.6. The molecule has 0 spiro atoms. The highest BCUT2D eigenvalue weighted by molar-refractivity contribution is 5.76. The normalized spacial score (nSPS) is 20.3. The van der Waals surface area contributed by atoms with Gasteiger partial charge < -0.3 is 20.2 Å². The molecule has 6 nitrogen and oxygen atoms in total.